The average Bonchev–Trinajstić information content (AvgIpc) is 1.59. The highest BCUT2D eigenvalue weighted by Gasteiger charge is 2.24. The predicted octanol–water partition coefficient (Wildman–Crippen LogP) is 3.60. The fraction of sp³-hybridized carbons (Fsp3) is 1.00. The summed E-state index contributed by atoms with van der Waals surface area (Å²) in [7, 11) is 0. The van der Waals surface area contributed by atoms with E-state index in [4.69, 9.17) is 0 Å². The molecule has 0 aromatic heterocycles. The van der Waals surface area contributed by atoms with Crippen molar-refractivity contribution in [3.8, 4) is 0 Å². The summed E-state index contributed by atoms with van der Waals surface area (Å²) >= 11 is 3.19. The van der Waals surface area contributed by atoms with Gasteiger partial charge in [-0.3, -0.25) is 0 Å². The Kier molecular flexibility index (Phi) is 4.41. The van der Waals surface area contributed by atoms with Crippen LogP contribution in [0.25, 0.3) is 0 Å². The third kappa shape index (κ3) is 6.46. The van der Waals surface area contributed by atoms with Crippen molar-refractivity contribution in [2.24, 2.45) is 0 Å². The summed E-state index contributed by atoms with van der Waals surface area (Å²) in [5.41, 5.74) is 0. The van der Waals surface area contributed by atoms with Gasteiger partial charge in [0.15, 0.2) is 0 Å². The lowest BCUT2D eigenvalue weighted by molar-refractivity contribution is 0.0127. The summed E-state index contributed by atoms with van der Waals surface area (Å²) < 4.78 is 24.5. The number of hydrogen-bond acceptors (Lipinski definition) is 0. The molecular formula is C7H13BrF2. The molecule has 0 rings (SSSR count). The Morgan fingerprint density at radius 2 is 2.00 bits per heavy atom. The van der Waals surface area contributed by atoms with Crippen LogP contribution in [-0.4, -0.2) is 10.7 Å². The molecule has 0 saturated heterocycles. The SMILES string of the molecule is CCCC(Br)CC(C)(F)F. The van der Waals surface area contributed by atoms with E-state index in [0.29, 0.717) is 0 Å². The molecule has 3 heteroatoms. The van der Waals surface area contributed by atoms with Gasteiger partial charge in [-0.1, -0.05) is 29.3 Å². The molecule has 0 saturated carbocycles. The van der Waals surface area contributed by atoms with Crippen molar-refractivity contribution in [1.82, 2.24) is 0 Å². The van der Waals surface area contributed by atoms with Crippen LogP contribution in [0.5, 0.6) is 0 Å². The summed E-state index contributed by atoms with van der Waals surface area (Å²) in [5, 5.41) is 0. The zero-order valence-electron chi connectivity index (χ0n) is 6.33. The van der Waals surface area contributed by atoms with E-state index in [0.717, 1.165) is 19.8 Å². The van der Waals surface area contributed by atoms with E-state index < -0.39 is 5.92 Å². The molecular weight excluding hydrogens is 202 g/mol. The van der Waals surface area contributed by atoms with Crippen LogP contribution in [-0.2, 0) is 0 Å². The second-order valence-corrected chi connectivity index (χ2v) is 3.96. The van der Waals surface area contributed by atoms with Crippen molar-refractivity contribution in [3.63, 3.8) is 0 Å². The maximum absolute atomic E-state index is 12.3. The van der Waals surface area contributed by atoms with E-state index in [1.807, 2.05) is 6.92 Å². The van der Waals surface area contributed by atoms with Gasteiger partial charge in [-0.2, -0.15) is 0 Å². The van der Waals surface area contributed by atoms with Crippen molar-refractivity contribution in [2.75, 3.05) is 0 Å². The van der Waals surface area contributed by atoms with E-state index in [9.17, 15) is 8.78 Å². The number of alkyl halides is 3. The Morgan fingerprint density at radius 1 is 1.50 bits per heavy atom. The topological polar surface area (TPSA) is 0 Å². The summed E-state index contributed by atoms with van der Waals surface area (Å²) in [6.45, 7) is 2.94. The van der Waals surface area contributed by atoms with Crippen LogP contribution in [0.15, 0.2) is 0 Å². The molecule has 1 atom stereocenters. The first-order valence-corrected chi connectivity index (χ1v) is 4.39. The molecule has 0 spiro atoms. The van der Waals surface area contributed by atoms with Crippen molar-refractivity contribution in [3.05, 3.63) is 0 Å². The summed E-state index contributed by atoms with van der Waals surface area (Å²) in [4.78, 5) is -0.0301. The minimum absolute atomic E-state index is 0.0301. The normalized spacial score (nSPS) is 15.3. The smallest absolute Gasteiger partial charge is 0.207 e. The van der Waals surface area contributed by atoms with E-state index in [-0.39, 0.29) is 11.2 Å². The number of hydrogen-bond donors (Lipinski definition) is 0. The van der Waals surface area contributed by atoms with Gasteiger partial charge in [0, 0.05) is 11.2 Å². The summed E-state index contributed by atoms with van der Waals surface area (Å²) in [5.74, 6) is -2.52. The van der Waals surface area contributed by atoms with Gasteiger partial charge in [0.05, 0.1) is 0 Å². The zero-order valence-corrected chi connectivity index (χ0v) is 7.92. The standard InChI is InChI=1S/C7H13BrF2/c1-3-4-6(8)5-7(2,9)10/h6H,3-5H2,1-2H3. The highest BCUT2D eigenvalue weighted by molar-refractivity contribution is 9.09. The van der Waals surface area contributed by atoms with Gasteiger partial charge in [0.2, 0.25) is 5.92 Å². The minimum Gasteiger partial charge on any atom is -0.207 e. The van der Waals surface area contributed by atoms with E-state index >= 15 is 0 Å². The zero-order chi connectivity index (χ0) is 8.20. The molecule has 62 valence electrons. The molecule has 0 amide bonds. The van der Waals surface area contributed by atoms with Crippen molar-refractivity contribution in [1.29, 1.82) is 0 Å². The molecule has 0 fully saturated rings. The molecule has 0 N–H and O–H groups in total. The first-order valence-electron chi connectivity index (χ1n) is 3.47. The van der Waals surface area contributed by atoms with Gasteiger partial charge >= 0.3 is 0 Å². The predicted molar refractivity (Wildman–Crippen MR) is 42.9 cm³/mol. The summed E-state index contributed by atoms with van der Waals surface area (Å²) in [6, 6.07) is 0. The molecule has 0 aliphatic rings. The average molecular weight is 215 g/mol. The monoisotopic (exact) mass is 214 g/mol. The van der Waals surface area contributed by atoms with E-state index in [1.165, 1.54) is 0 Å². The van der Waals surface area contributed by atoms with Gasteiger partial charge in [0.1, 0.15) is 0 Å². The van der Waals surface area contributed by atoms with Crippen molar-refractivity contribution in [2.45, 2.75) is 43.9 Å². The largest absolute Gasteiger partial charge is 0.246 e. The molecule has 0 bridgehead atoms. The lowest BCUT2D eigenvalue weighted by Gasteiger charge is -2.13. The Morgan fingerprint density at radius 3 is 2.30 bits per heavy atom. The Bertz CT molecular complexity index is 88.1. The molecule has 0 radical (unpaired) electrons. The van der Waals surface area contributed by atoms with Crippen LogP contribution >= 0.6 is 15.9 Å². The fourth-order valence-corrected chi connectivity index (χ4v) is 1.83. The molecule has 0 nitrogen and oxygen atoms in total. The third-order valence-corrected chi connectivity index (χ3v) is 1.96. The number of halogens is 3. The molecule has 1 unspecified atom stereocenters. The Hall–Kier alpha value is 0.340. The Balaban J connectivity index is 3.47. The van der Waals surface area contributed by atoms with Gasteiger partial charge in [-0.15, -0.1) is 0 Å². The minimum atomic E-state index is -2.52. The molecule has 0 aliphatic heterocycles. The van der Waals surface area contributed by atoms with Crippen LogP contribution in [0.3, 0.4) is 0 Å². The maximum Gasteiger partial charge on any atom is 0.246 e. The van der Waals surface area contributed by atoms with Gasteiger partial charge in [0.25, 0.3) is 0 Å². The highest BCUT2D eigenvalue weighted by Crippen LogP contribution is 2.25. The van der Waals surface area contributed by atoms with Gasteiger partial charge < -0.3 is 0 Å². The Labute approximate surface area is 69.1 Å². The maximum atomic E-state index is 12.3. The van der Waals surface area contributed by atoms with Gasteiger partial charge in [-0.25, -0.2) is 8.78 Å². The number of rotatable bonds is 4. The van der Waals surface area contributed by atoms with Crippen LogP contribution < -0.4 is 0 Å². The van der Waals surface area contributed by atoms with Crippen molar-refractivity contribution < 1.29 is 8.78 Å². The second-order valence-electron chi connectivity index (χ2n) is 2.66. The summed E-state index contributed by atoms with van der Waals surface area (Å²) in [6.07, 6.45) is 1.72. The van der Waals surface area contributed by atoms with Crippen LogP contribution in [0.4, 0.5) is 8.78 Å². The highest BCUT2D eigenvalue weighted by atomic mass is 79.9. The van der Waals surface area contributed by atoms with Crippen LogP contribution in [0.2, 0.25) is 0 Å². The van der Waals surface area contributed by atoms with Crippen LogP contribution in [0, 0.1) is 0 Å². The van der Waals surface area contributed by atoms with Gasteiger partial charge in [-0.05, 0) is 13.3 Å². The van der Waals surface area contributed by atoms with Crippen molar-refractivity contribution >= 4 is 15.9 Å². The first kappa shape index (κ1) is 10.3. The van der Waals surface area contributed by atoms with Crippen LogP contribution in [0.1, 0.15) is 33.1 Å². The molecule has 0 aromatic carbocycles. The molecule has 0 aliphatic carbocycles. The molecule has 0 heterocycles. The van der Waals surface area contributed by atoms with E-state index in [2.05, 4.69) is 15.9 Å². The quantitative estimate of drug-likeness (QED) is 0.628. The fourth-order valence-electron chi connectivity index (χ4n) is 0.804. The lowest BCUT2D eigenvalue weighted by Crippen LogP contribution is -2.16. The third-order valence-electron chi connectivity index (χ3n) is 1.18. The second kappa shape index (κ2) is 4.27. The first-order chi connectivity index (χ1) is 4.45. The molecule has 0 aromatic rings. The lowest BCUT2D eigenvalue weighted by atomic mass is 10.1. The van der Waals surface area contributed by atoms with E-state index in [1.54, 1.807) is 0 Å². The molecule has 10 heavy (non-hydrogen) atoms.